The van der Waals surface area contributed by atoms with Gasteiger partial charge in [-0.2, -0.15) is 13.2 Å². The number of nitrogens with zero attached hydrogens (tertiary/aromatic N) is 4. The molecule has 33 heavy (non-hydrogen) atoms. The second-order valence-corrected chi connectivity index (χ2v) is 8.03. The zero-order chi connectivity index (χ0) is 23.9. The van der Waals surface area contributed by atoms with E-state index in [1.807, 2.05) is 19.9 Å². The van der Waals surface area contributed by atoms with Crippen molar-refractivity contribution >= 4 is 28.3 Å². The summed E-state index contributed by atoms with van der Waals surface area (Å²) in [5.41, 5.74) is 3.53. The number of pyridine rings is 2. The van der Waals surface area contributed by atoms with Gasteiger partial charge in [0.2, 0.25) is 0 Å². The second-order valence-electron chi connectivity index (χ2n) is 8.03. The summed E-state index contributed by atoms with van der Waals surface area (Å²) in [5, 5.41) is 3.40. The third-order valence-electron chi connectivity index (χ3n) is 5.53. The molecule has 1 aliphatic heterocycles. The number of amides is 1. The Morgan fingerprint density at radius 3 is 2.64 bits per heavy atom. The summed E-state index contributed by atoms with van der Waals surface area (Å²) in [4.78, 5) is 34.9. The molecular weight excluding hydrogens is 435 g/mol. The fraction of sp³-hybridized carbons (Fsp3) is 0.304. The van der Waals surface area contributed by atoms with Crippen molar-refractivity contribution in [1.29, 1.82) is 0 Å². The van der Waals surface area contributed by atoms with Crippen molar-refractivity contribution in [2.24, 2.45) is 12.0 Å². The summed E-state index contributed by atoms with van der Waals surface area (Å²) in [6.45, 7) is 2.60. The van der Waals surface area contributed by atoms with Crippen molar-refractivity contribution in [3.8, 4) is 11.1 Å². The van der Waals surface area contributed by atoms with Crippen molar-refractivity contribution in [1.82, 2.24) is 14.5 Å². The predicted octanol–water partition coefficient (Wildman–Crippen LogP) is 3.43. The van der Waals surface area contributed by atoms with Gasteiger partial charge in [0.25, 0.3) is 11.5 Å². The van der Waals surface area contributed by atoms with Gasteiger partial charge in [0, 0.05) is 42.1 Å². The Kier molecular flexibility index (Phi) is 5.69. The number of carbonyl (C=O) groups is 1. The quantitative estimate of drug-likeness (QED) is 0.651. The molecule has 0 fully saturated rings. The Bertz CT molecular complexity index is 1340. The highest BCUT2D eigenvalue weighted by molar-refractivity contribution is 6.42. The van der Waals surface area contributed by atoms with Crippen molar-refractivity contribution < 1.29 is 18.0 Å². The van der Waals surface area contributed by atoms with Crippen LogP contribution in [0.4, 0.5) is 18.9 Å². The van der Waals surface area contributed by atoms with Crippen LogP contribution in [0.25, 0.3) is 22.0 Å². The first-order valence-electron chi connectivity index (χ1n) is 10.3. The highest BCUT2D eigenvalue weighted by Crippen LogP contribution is 2.27. The van der Waals surface area contributed by atoms with Gasteiger partial charge in [0.15, 0.2) is 5.84 Å². The van der Waals surface area contributed by atoms with E-state index in [0.29, 0.717) is 16.8 Å². The number of fused-ring (bicyclic) bond motifs is 1. The van der Waals surface area contributed by atoms with Gasteiger partial charge in [-0.05, 0) is 49.2 Å². The summed E-state index contributed by atoms with van der Waals surface area (Å²) in [5.74, 6) is -0.977. The number of aliphatic imine (C=N–C) groups is 1. The van der Waals surface area contributed by atoms with E-state index in [-0.39, 0.29) is 24.5 Å². The summed E-state index contributed by atoms with van der Waals surface area (Å²) in [6.07, 6.45) is -2.74. The molecule has 0 saturated heterocycles. The van der Waals surface area contributed by atoms with E-state index in [2.05, 4.69) is 15.3 Å². The molecule has 0 aliphatic carbocycles. The lowest BCUT2D eigenvalue weighted by atomic mass is 9.99. The standard InChI is InChI=1S/C23H22F3N5O2/c1-13-4-5-16(29-21(32)20-27-6-7-31(20)12-23(24,25)26)10-17(13)18-9-15-11-28-14(2)8-19(15)30(3)22(18)33/h4-5,8-11H,6-7,12H2,1-3H3,(H,29,32). The Hall–Kier alpha value is -3.69. The van der Waals surface area contributed by atoms with Gasteiger partial charge in [0.05, 0.1) is 12.1 Å². The average molecular weight is 457 g/mol. The largest absolute Gasteiger partial charge is 0.405 e. The number of hydrogen-bond donors (Lipinski definition) is 1. The summed E-state index contributed by atoms with van der Waals surface area (Å²) >= 11 is 0. The number of rotatable bonds is 4. The predicted molar refractivity (Wildman–Crippen MR) is 120 cm³/mol. The molecule has 10 heteroatoms. The molecule has 0 spiro atoms. The Morgan fingerprint density at radius 1 is 1.15 bits per heavy atom. The molecule has 1 N–H and O–H groups in total. The fourth-order valence-electron chi connectivity index (χ4n) is 3.90. The summed E-state index contributed by atoms with van der Waals surface area (Å²) < 4.78 is 39.9. The summed E-state index contributed by atoms with van der Waals surface area (Å²) in [7, 11) is 1.68. The van der Waals surface area contributed by atoms with Gasteiger partial charge in [-0.15, -0.1) is 0 Å². The molecule has 7 nitrogen and oxygen atoms in total. The highest BCUT2D eigenvalue weighted by Gasteiger charge is 2.35. The number of aromatic nitrogens is 2. The number of halogens is 3. The smallest absolute Gasteiger partial charge is 0.341 e. The van der Waals surface area contributed by atoms with E-state index in [4.69, 9.17) is 0 Å². The molecule has 3 aromatic rings. The van der Waals surface area contributed by atoms with E-state index in [9.17, 15) is 22.8 Å². The maximum absolute atomic E-state index is 13.1. The van der Waals surface area contributed by atoms with Crippen molar-refractivity contribution in [2.45, 2.75) is 20.0 Å². The monoisotopic (exact) mass is 457 g/mol. The third-order valence-corrected chi connectivity index (χ3v) is 5.53. The minimum atomic E-state index is -4.44. The first-order valence-corrected chi connectivity index (χ1v) is 10.3. The second kappa shape index (κ2) is 8.34. The number of amidine groups is 1. The van der Waals surface area contributed by atoms with E-state index < -0.39 is 18.6 Å². The van der Waals surface area contributed by atoms with Crippen LogP contribution >= 0.6 is 0 Å². The summed E-state index contributed by atoms with van der Waals surface area (Å²) in [6, 6.07) is 8.60. The molecule has 1 aromatic carbocycles. The molecular formula is C23H22F3N5O2. The zero-order valence-corrected chi connectivity index (χ0v) is 18.3. The van der Waals surface area contributed by atoms with Crippen LogP contribution in [0.2, 0.25) is 0 Å². The normalized spacial score (nSPS) is 14.0. The van der Waals surface area contributed by atoms with Gasteiger partial charge >= 0.3 is 6.18 Å². The van der Waals surface area contributed by atoms with Gasteiger partial charge in [0.1, 0.15) is 6.54 Å². The first-order chi connectivity index (χ1) is 15.5. The van der Waals surface area contributed by atoms with Crippen LogP contribution in [0.1, 0.15) is 11.3 Å². The topological polar surface area (TPSA) is 79.6 Å². The lowest BCUT2D eigenvalue weighted by molar-refractivity contribution is -0.137. The molecule has 0 atom stereocenters. The van der Waals surface area contributed by atoms with Crippen LogP contribution in [0, 0.1) is 13.8 Å². The van der Waals surface area contributed by atoms with Crippen LogP contribution in [-0.2, 0) is 11.8 Å². The van der Waals surface area contributed by atoms with Crippen molar-refractivity contribution in [2.75, 3.05) is 25.0 Å². The van der Waals surface area contributed by atoms with Crippen molar-refractivity contribution in [3.63, 3.8) is 0 Å². The first kappa shape index (κ1) is 22.5. The van der Waals surface area contributed by atoms with Crippen LogP contribution in [-0.4, -0.2) is 52.0 Å². The SMILES string of the molecule is Cc1cc2c(cn1)cc(-c1cc(NC(=O)C3=NCCN3CC(F)(F)F)ccc1C)c(=O)n2C. The average Bonchev–Trinajstić information content (AvgIpc) is 3.19. The number of anilines is 1. The molecule has 0 radical (unpaired) electrons. The maximum Gasteiger partial charge on any atom is 0.405 e. The Labute approximate surface area is 187 Å². The van der Waals surface area contributed by atoms with Crippen LogP contribution < -0.4 is 10.9 Å². The molecule has 2 aromatic heterocycles. The van der Waals surface area contributed by atoms with E-state index >= 15 is 0 Å². The van der Waals surface area contributed by atoms with Gasteiger partial charge in [-0.1, -0.05) is 6.07 Å². The van der Waals surface area contributed by atoms with Gasteiger partial charge < -0.3 is 14.8 Å². The zero-order valence-electron chi connectivity index (χ0n) is 18.3. The van der Waals surface area contributed by atoms with E-state index in [0.717, 1.165) is 27.1 Å². The molecule has 0 saturated carbocycles. The Morgan fingerprint density at radius 2 is 1.91 bits per heavy atom. The van der Waals surface area contributed by atoms with E-state index in [1.165, 1.54) is 0 Å². The molecule has 172 valence electrons. The molecule has 1 aliphatic rings. The van der Waals surface area contributed by atoms with E-state index in [1.54, 1.807) is 42.1 Å². The number of benzene rings is 1. The molecule has 1 amide bonds. The number of hydrogen-bond acceptors (Lipinski definition) is 5. The molecule has 4 rings (SSSR count). The fourth-order valence-corrected chi connectivity index (χ4v) is 3.90. The Balaban J connectivity index is 1.67. The molecule has 3 heterocycles. The van der Waals surface area contributed by atoms with Gasteiger partial charge in [-0.25, -0.2) is 0 Å². The minimum Gasteiger partial charge on any atom is -0.341 e. The number of carbonyl (C=O) groups excluding carboxylic acids is 1. The maximum atomic E-state index is 13.1. The number of nitrogens with one attached hydrogen (secondary N) is 1. The third kappa shape index (κ3) is 4.59. The lowest BCUT2D eigenvalue weighted by Crippen LogP contribution is -2.42. The highest BCUT2D eigenvalue weighted by atomic mass is 19.4. The number of alkyl halides is 3. The van der Waals surface area contributed by atoms with Gasteiger partial charge in [-0.3, -0.25) is 19.6 Å². The number of aryl methyl sites for hydroxylation is 3. The molecule has 0 bridgehead atoms. The van der Waals surface area contributed by atoms with Crippen LogP contribution in [0.3, 0.4) is 0 Å². The molecule has 0 unspecified atom stereocenters. The van der Waals surface area contributed by atoms with Crippen LogP contribution in [0.5, 0.6) is 0 Å². The van der Waals surface area contributed by atoms with Crippen molar-refractivity contribution in [3.05, 3.63) is 58.1 Å². The minimum absolute atomic E-state index is 0.0298. The van der Waals surface area contributed by atoms with Crippen LogP contribution in [0.15, 0.2) is 46.3 Å². The lowest BCUT2D eigenvalue weighted by Gasteiger charge is -2.21.